The fourth-order valence-electron chi connectivity index (χ4n) is 4.77. The van der Waals surface area contributed by atoms with Gasteiger partial charge >= 0.3 is 0 Å². The van der Waals surface area contributed by atoms with Crippen LogP contribution >= 0.6 is 0 Å². The molecule has 6 heteroatoms. The Morgan fingerprint density at radius 1 is 0.923 bits per heavy atom. The molecule has 0 aliphatic rings. The van der Waals surface area contributed by atoms with Gasteiger partial charge in [0.05, 0.1) is 6.61 Å². The Balaban J connectivity index is 1.89. The first-order chi connectivity index (χ1) is 18.3. The Hall–Kier alpha value is -2.96. The first-order valence-corrected chi connectivity index (χ1v) is 17.0. The number of nitrogens with zero attached hydrogens (tertiary/aromatic N) is 1. The zero-order valence-corrected chi connectivity index (χ0v) is 26.0. The van der Waals surface area contributed by atoms with Crippen LogP contribution in [0.3, 0.4) is 0 Å². The lowest BCUT2D eigenvalue weighted by Crippen LogP contribution is -2.40. The molecule has 2 aromatic carbocycles. The van der Waals surface area contributed by atoms with Gasteiger partial charge in [-0.2, -0.15) is 0 Å². The molecule has 208 valence electrons. The van der Waals surface area contributed by atoms with Gasteiger partial charge in [-0.25, -0.2) is 4.39 Å². The molecule has 4 rings (SSSR count). The van der Waals surface area contributed by atoms with E-state index >= 15 is 0 Å². The minimum atomic E-state index is -2.03. The summed E-state index contributed by atoms with van der Waals surface area (Å²) in [6.45, 7) is 21.2. The molecule has 0 saturated heterocycles. The van der Waals surface area contributed by atoms with E-state index in [9.17, 15) is 4.39 Å². The van der Waals surface area contributed by atoms with Crippen molar-refractivity contribution in [2.45, 2.75) is 91.6 Å². The molecule has 2 N–H and O–H groups in total. The SMILES string of the molecule is CC(C)c1nc(C(C)C)c(CO[Si](C)(C)C(C)(C)C)c(-c2ccc(F)cc2)c1CNc1ccc2cc[nH]c2c1. The van der Waals surface area contributed by atoms with Crippen molar-refractivity contribution in [3.8, 4) is 11.1 Å². The average molecular weight is 546 g/mol. The van der Waals surface area contributed by atoms with Crippen LogP contribution in [0.4, 0.5) is 10.1 Å². The lowest BCUT2D eigenvalue weighted by Gasteiger charge is -2.37. The molecule has 0 saturated carbocycles. The predicted octanol–water partition coefficient (Wildman–Crippen LogP) is 9.75. The molecule has 0 fully saturated rings. The molecule has 0 unspecified atom stereocenters. The fourth-order valence-corrected chi connectivity index (χ4v) is 5.70. The monoisotopic (exact) mass is 545 g/mol. The standard InChI is InChI=1S/C33H44FN3OSi/c1-21(2)31-27(19-36-26-15-12-23-16-17-35-29(23)18-26)30(24-10-13-25(34)14-11-24)28(32(37-31)22(3)4)20-38-39(8,9)33(5,6)7/h10-18,21-22,35-36H,19-20H2,1-9H3. The highest BCUT2D eigenvalue weighted by atomic mass is 28.4. The second kappa shape index (κ2) is 11.3. The summed E-state index contributed by atoms with van der Waals surface area (Å²) in [5.41, 5.74) is 8.63. The van der Waals surface area contributed by atoms with Crippen molar-refractivity contribution in [1.29, 1.82) is 0 Å². The van der Waals surface area contributed by atoms with Crippen molar-refractivity contribution in [3.63, 3.8) is 0 Å². The highest BCUT2D eigenvalue weighted by molar-refractivity contribution is 6.74. The molecule has 0 spiro atoms. The largest absolute Gasteiger partial charge is 0.412 e. The fraction of sp³-hybridized carbons (Fsp3) is 0.424. The van der Waals surface area contributed by atoms with Crippen LogP contribution in [-0.4, -0.2) is 18.3 Å². The number of nitrogens with one attached hydrogen (secondary N) is 2. The molecule has 39 heavy (non-hydrogen) atoms. The van der Waals surface area contributed by atoms with Gasteiger partial charge in [-0.15, -0.1) is 0 Å². The highest BCUT2D eigenvalue weighted by Crippen LogP contribution is 2.41. The number of aromatic nitrogens is 2. The zero-order valence-electron chi connectivity index (χ0n) is 25.0. The summed E-state index contributed by atoms with van der Waals surface area (Å²) in [6.07, 6.45) is 1.96. The lowest BCUT2D eigenvalue weighted by atomic mass is 9.87. The number of fused-ring (bicyclic) bond motifs is 1. The van der Waals surface area contributed by atoms with Gasteiger partial charge in [0.25, 0.3) is 0 Å². The summed E-state index contributed by atoms with van der Waals surface area (Å²) in [4.78, 5) is 8.61. The van der Waals surface area contributed by atoms with Crippen LogP contribution in [0, 0.1) is 5.82 Å². The Labute approximate surface area is 234 Å². The van der Waals surface area contributed by atoms with Crippen molar-refractivity contribution in [2.75, 3.05) is 5.32 Å². The molecule has 0 amide bonds. The lowest BCUT2D eigenvalue weighted by molar-refractivity contribution is 0.274. The summed E-state index contributed by atoms with van der Waals surface area (Å²) >= 11 is 0. The van der Waals surface area contributed by atoms with Gasteiger partial charge in [0.15, 0.2) is 8.32 Å². The maximum atomic E-state index is 14.1. The van der Waals surface area contributed by atoms with Crippen molar-refractivity contribution in [3.05, 3.63) is 83.1 Å². The molecule has 2 heterocycles. The van der Waals surface area contributed by atoms with Gasteiger partial charge in [-0.05, 0) is 76.8 Å². The molecule has 0 aliphatic carbocycles. The Bertz CT molecular complexity index is 1430. The van der Waals surface area contributed by atoms with E-state index in [2.05, 4.69) is 96.1 Å². The topological polar surface area (TPSA) is 49.9 Å². The third-order valence-electron chi connectivity index (χ3n) is 8.10. The van der Waals surface area contributed by atoms with Crippen molar-refractivity contribution in [1.82, 2.24) is 9.97 Å². The molecule has 4 nitrogen and oxygen atoms in total. The van der Waals surface area contributed by atoms with Crippen LogP contribution in [0.1, 0.15) is 82.8 Å². The van der Waals surface area contributed by atoms with E-state index in [-0.39, 0.29) is 22.7 Å². The summed E-state index contributed by atoms with van der Waals surface area (Å²) in [6, 6.07) is 15.3. The van der Waals surface area contributed by atoms with Crippen LogP contribution in [0.2, 0.25) is 18.1 Å². The minimum Gasteiger partial charge on any atom is -0.412 e. The first kappa shape index (κ1) is 29.0. The molecular formula is C33H44FN3OSi. The molecule has 0 bridgehead atoms. The second-order valence-corrected chi connectivity index (χ2v) is 17.5. The number of hydrogen-bond donors (Lipinski definition) is 2. The molecule has 0 radical (unpaired) electrons. The van der Waals surface area contributed by atoms with Crippen molar-refractivity contribution >= 4 is 24.9 Å². The number of aromatic amines is 1. The van der Waals surface area contributed by atoms with Gasteiger partial charge in [-0.3, -0.25) is 4.98 Å². The first-order valence-electron chi connectivity index (χ1n) is 14.0. The number of pyridine rings is 1. The van der Waals surface area contributed by atoms with Gasteiger partial charge in [0.2, 0.25) is 0 Å². The second-order valence-electron chi connectivity index (χ2n) is 12.7. The Morgan fingerprint density at radius 2 is 1.56 bits per heavy atom. The zero-order chi connectivity index (χ0) is 28.5. The summed E-state index contributed by atoms with van der Waals surface area (Å²) in [5.74, 6) is 0.204. The summed E-state index contributed by atoms with van der Waals surface area (Å²) in [7, 11) is -2.03. The molecule has 0 atom stereocenters. The van der Waals surface area contributed by atoms with Gasteiger partial charge in [0, 0.05) is 46.5 Å². The minimum absolute atomic E-state index is 0.0905. The van der Waals surface area contributed by atoms with Gasteiger partial charge in [-0.1, -0.05) is 66.7 Å². The van der Waals surface area contributed by atoms with Crippen LogP contribution in [0.5, 0.6) is 0 Å². The van der Waals surface area contributed by atoms with Crippen LogP contribution in [0.15, 0.2) is 54.7 Å². The van der Waals surface area contributed by atoms with E-state index in [1.165, 1.54) is 5.39 Å². The Morgan fingerprint density at radius 3 is 2.18 bits per heavy atom. The van der Waals surface area contributed by atoms with Gasteiger partial charge in [0.1, 0.15) is 5.82 Å². The van der Waals surface area contributed by atoms with Gasteiger partial charge < -0.3 is 14.7 Å². The van der Waals surface area contributed by atoms with E-state index in [4.69, 9.17) is 9.41 Å². The summed E-state index contributed by atoms with van der Waals surface area (Å²) < 4.78 is 20.9. The number of rotatable bonds is 9. The van der Waals surface area contributed by atoms with E-state index in [1.54, 1.807) is 12.1 Å². The maximum Gasteiger partial charge on any atom is 0.192 e. The third kappa shape index (κ3) is 6.28. The van der Waals surface area contributed by atoms with Crippen molar-refractivity contribution < 1.29 is 8.82 Å². The summed E-state index contributed by atoms with van der Waals surface area (Å²) in [5, 5.41) is 4.94. The molecule has 2 aromatic heterocycles. The molecular weight excluding hydrogens is 501 g/mol. The predicted molar refractivity (Wildman–Crippen MR) is 165 cm³/mol. The van der Waals surface area contributed by atoms with E-state index in [0.717, 1.165) is 44.8 Å². The quantitative estimate of drug-likeness (QED) is 0.206. The maximum absolute atomic E-state index is 14.1. The highest BCUT2D eigenvalue weighted by Gasteiger charge is 2.38. The van der Waals surface area contributed by atoms with Crippen LogP contribution in [0.25, 0.3) is 22.0 Å². The third-order valence-corrected chi connectivity index (χ3v) is 12.6. The number of halogens is 1. The number of anilines is 1. The smallest absolute Gasteiger partial charge is 0.192 e. The number of benzene rings is 2. The van der Waals surface area contributed by atoms with Crippen molar-refractivity contribution in [2.24, 2.45) is 0 Å². The van der Waals surface area contributed by atoms with Crippen LogP contribution in [-0.2, 0) is 17.6 Å². The van der Waals surface area contributed by atoms with Crippen LogP contribution < -0.4 is 5.32 Å². The normalized spacial score (nSPS) is 12.6. The van der Waals surface area contributed by atoms with E-state index in [0.29, 0.717) is 13.2 Å². The van der Waals surface area contributed by atoms with E-state index in [1.807, 2.05) is 18.3 Å². The van der Waals surface area contributed by atoms with E-state index < -0.39 is 8.32 Å². The molecule has 4 aromatic rings. The number of H-pyrrole nitrogens is 1. The Kier molecular flexibility index (Phi) is 8.38. The molecule has 0 aliphatic heterocycles. The average Bonchev–Trinajstić information content (AvgIpc) is 3.33. The number of hydrogen-bond acceptors (Lipinski definition) is 3.